The number of nitrogens with zero attached hydrogens (tertiary/aromatic N) is 2. The maximum absolute atomic E-state index is 2.44. The lowest BCUT2D eigenvalue weighted by molar-refractivity contribution is 1.18. The fraction of sp³-hybridized carbons (Fsp3) is 0.0333. The molecular weight excluding hydrogens is 781 g/mol. The topological polar surface area (TPSA) is 8.17 Å². The van der Waals surface area contributed by atoms with Crippen molar-refractivity contribution in [3.63, 3.8) is 0 Å². The normalized spacial score (nSPS) is 11.7. The molecule has 0 saturated heterocycles. The molecule has 12 rings (SSSR count). The van der Waals surface area contributed by atoms with Crippen LogP contribution in [0.25, 0.3) is 91.8 Å². The molecule has 0 unspecified atom stereocenters. The van der Waals surface area contributed by atoms with Crippen molar-refractivity contribution in [1.29, 1.82) is 0 Å². The third-order valence-corrected chi connectivity index (χ3v) is 13.9. The van der Waals surface area contributed by atoms with Crippen LogP contribution < -0.4 is 4.90 Å². The number of fused-ring (bicyclic) bond motifs is 7. The minimum atomic E-state index is 1.12. The van der Waals surface area contributed by atoms with Gasteiger partial charge in [-0.05, 0) is 154 Å². The lowest BCUT2D eigenvalue weighted by Crippen LogP contribution is -2.13. The molecule has 2 heterocycles. The summed E-state index contributed by atoms with van der Waals surface area (Å²) < 4.78 is 5.05. The van der Waals surface area contributed by atoms with Crippen LogP contribution in [-0.4, -0.2) is 4.57 Å². The van der Waals surface area contributed by atoms with Crippen LogP contribution in [0.2, 0.25) is 0 Å². The summed E-state index contributed by atoms with van der Waals surface area (Å²) in [5, 5.41) is 7.68. The molecule has 0 bridgehead atoms. The van der Waals surface area contributed by atoms with E-state index in [0.717, 1.165) is 17.1 Å². The summed E-state index contributed by atoms with van der Waals surface area (Å²) in [4.78, 5) is 2.44. The highest BCUT2D eigenvalue weighted by atomic mass is 32.1. The SMILES string of the molecule is Cc1cc(-c2cccc(-n3c4ccccc4c4ccccc43)c2)cc(C)c1N(c1ccc(-c2ccc3ccccc3c2)cc1)c1ccc(-c2ccc3sc4ccccc4c3c2)cc1. The van der Waals surface area contributed by atoms with Gasteiger partial charge in [0.05, 0.1) is 16.7 Å². The molecule has 0 aliphatic rings. The fourth-order valence-electron chi connectivity index (χ4n) is 9.79. The minimum absolute atomic E-state index is 1.12. The maximum Gasteiger partial charge on any atom is 0.0541 e. The first-order valence-corrected chi connectivity index (χ1v) is 22.5. The van der Waals surface area contributed by atoms with Crippen molar-refractivity contribution < 1.29 is 0 Å². The maximum atomic E-state index is 2.44. The Labute approximate surface area is 371 Å². The van der Waals surface area contributed by atoms with Crippen LogP contribution in [0.4, 0.5) is 17.1 Å². The van der Waals surface area contributed by atoms with Gasteiger partial charge in [-0.3, -0.25) is 0 Å². The van der Waals surface area contributed by atoms with Crippen LogP contribution in [0.1, 0.15) is 11.1 Å². The predicted octanol–water partition coefficient (Wildman–Crippen LogP) is 17.4. The molecule has 0 saturated carbocycles. The molecule has 12 aromatic rings. The molecule has 2 aromatic heterocycles. The Morgan fingerprint density at radius 3 is 1.56 bits per heavy atom. The van der Waals surface area contributed by atoms with E-state index in [1.807, 2.05) is 11.3 Å². The van der Waals surface area contributed by atoms with Gasteiger partial charge < -0.3 is 9.47 Å². The number of hydrogen-bond acceptors (Lipinski definition) is 2. The molecule has 2 nitrogen and oxygen atoms in total. The Morgan fingerprint density at radius 2 is 0.873 bits per heavy atom. The van der Waals surface area contributed by atoms with Crippen LogP contribution in [-0.2, 0) is 0 Å². The van der Waals surface area contributed by atoms with Gasteiger partial charge in [-0.1, -0.05) is 133 Å². The third kappa shape index (κ3) is 6.40. The van der Waals surface area contributed by atoms with Crippen LogP contribution in [0.3, 0.4) is 0 Å². The number of aromatic nitrogens is 1. The van der Waals surface area contributed by atoms with Gasteiger partial charge in [-0.15, -0.1) is 11.3 Å². The molecule has 63 heavy (non-hydrogen) atoms. The summed E-state index contributed by atoms with van der Waals surface area (Å²) in [7, 11) is 0. The van der Waals surface area contributed by atoms with Crippen LogP contribution in [0.5, 0.6) is 0 Å². The molecule has 0 aliphatic heterocycles. The number of benzene rings is 10. The zero-order valence-electron chi connectivity index (χ0n) is 35.1. The zero-order chi connectivity index (χ0) is 42.0. The summed E-state index contributed by atoms with van der Waals surface area (Å²) in [6, 6.07) is 80.3. The minimum Gasteiger partial charge on any atom is -0.310 e. The van der Waals surface area contributed by atoms with Gasteiger partial charge in [-0.2, -0.15) is 0 Å². The number of para-hydroxylation sites is 2. The predicted molar refractivity (Wildman–Crippen MR) is 272 cm³/mol. The van der Waals surface area contributed by atoms with Crippen molar-refractivity contribution in [2.24, 2.45) is 0 Å². The van der Waals surface area contributed by atoms with E-state index in [2.05, 4.69) is 242 Å². The number of thiophene rings is 1. The van der Waals surface area contributed by atoms with Crippen molar-refractivity contribution in [3.05, 3.63) is 230 Å². The highest BCUT2D eigenvalue weighted by Crippen LogP contribution is 2.43. The van der Waals surface area contributed by atoms with Gasteiger partial charge in [0.1, 0.15) is 0 Å². The van der Waals surface area contributed by atoms with Crippen molar-refractivity contribution in [1.82, 2.24) is 4.57 Å². The van der Waals surface area contributed by atoms with Gasteiger partial charge in [-0.25, -0.2) is 0 Å². The first-order chi connectivity index (χ1) is 31.0. The molecule has 3 heteroatoms. The first-order valence-electron chi connectivity index (χ1n) is 21.7. The van der Waals surface area contributed by atoms with E-state index in [1.54, 1.807) is 0 Å². The molecule has 0 atom stereocenters. The Kier molecular flexibility index (Phi) is 8.84. The summed E-state index contributed by atoms with van der Waals surface area (Å²) in [5.41, 5.74) is 16.7. The molecule has 0 aliphatic carbocycles. The summed E-state index contributed by atoms with van der Waals surface area (Å²) in [5.74, 6) is 0. The van der Waals surface area contributed by atoms with Crippen molar-refractivity contribution in [2.45, 2.75) is 13.8 Å². The van der Waals surface area contributed by atoms with Gasteiger partial charge in [0.2, 0.25) is 0 Å². The second-order valence-corrected chi connectivity index (χ2v) is 17.8. The van der Waals surface area contributed by atoms with Gasteiger partial charge >= 0.3 is 0 Å². The molecule has 0 spiro atoms. The van der Waals surface area contributed by atoms with Gasteiger partial charge in [0, 0.05) is 48.0 Å². The summed E-state index contributed by atoms with van der Waals surface area (Å²) in [6.45, 7) is 4.52. The van der Waals surface area contributed by atoms with E-state index in [1.165, 1.54) is 103 Å². The number of rotatable bonds is 7. The molecule has 0 fully saturated rings. The van der Waals surface area contributed by atoms with Crippen molar-refractivity contribution in [2.75, 3.05) is 4.90 Å². The Hall–Kier alpha value is -7.72. The van der Waals surface area contributed by atoms with E-state index in [4.69, 9.17) is 0 Å². The molecular formula is C60H42N2S. The standard InChI is InChI=1S/C60H42N2S/c1-39-34-48(45-14-11-15-51(37-45)62-56-19-8-5-16-52(56)53-17-6-9-20-57(53)62)35-40(2)60(39)61(49-29-24-42(25-30-49)46-23-22-41-12-3-4-13-44(41)36-46)50-31-26-43(27-32-50)47-28-33-59-55(38-47)54-18-7-10-21-58(54)63-59/h3-38H,1-2H3. The largest absolute Gasteiger partial charge is 0.310 e. The Morgan fingerprint density at radius 1 is 0.349 bits per heavy atom. The molecule has 10 aromatic carbocycles. The molecule has 0 amide bonds. The van der Waals surface area contributed by atoms with E-state index in [-0.39, 0.29) is 0 Å². The first kappa shape index (κ1) is 37.1. The second-order valence-electron chi connectivity index (χ2n) is 16.7. The average molecular weight is 823 g/mol. The summed E-state index contributed by atoms with van der Waals surface area (Å²) >= 11 is 1.86. The van der Waals surface area contributed by atoms with E-state index >= 15 is 0 Å². The van der Waals surface area contributed by atoms with Crippen molar-refractivity contribution in [3.8, 4) is 39.1 Å². The summed E-state index contributed by atoms with van der Waals surface area (Å²) in [6.07, 6.45) is 0. The Balaban J connectivity index is 0.949. The van der Waals surface area contributed by atoms with E-state index in [0.29, 0.717) is 0 Å². The lowest BCUT2D eigenvalue weighted by Gasteiger charge is -2.29. The van der Waals surface area contributed by atoms with Crippen LogP contribution in [0, 0.1) is 13.8 Å². The number of hydrogen-bond donors (Lipinski definition) is 0. The van der Waals surface area contributed by atoms with Gasteiger partial charge in [0.25, 0.3) is 0 Å². The van der Waals surface area contributed by atoms with Crippen molar-refractivity contribution >= 4 is 81.1 Å². The number of aryl methyl sites for hydroxylation is 2. The average Bonchev–Trinajstić information content (AvgIpc) is 3.88. The highest BCUT2D eigenvalue weighted by Gasteiger charge is 2.20. The van der Waals surface area contributed by atoms with E-state index in [9.17, 15) is 0 Å². The smallest absolute Gasteiger partial charge is 0.0541 e. The molecule has 0 N–H and O–H groups in total. The zero-order valence-corrected chi connectivity index (χ0v) is 35.9. The lowest BCUT2D eigenvalue weighted by atomic mass is 9.96. The highest BCUT2D eigenvalue weighted by molar-refractivity contribution is 7.25. The van der Waals surface area contributed by atoms with Crippen LogP contribution in [0.15, 0.2) is 218 Å². The number of anilines is 3. The Bertz CT molecular complexity index is 3630. The third-order valence-electron chi connectivity index (χ3n) is 12.8. The van der Waals surface area contributed by atoms with Gasteiger partial charge in [0.15, 0.2) is 0 Å². The van der Waals surface area contributed by atoms with E-state index < -0.39 is 0 Å². The molecule has 298 valence electrons. The quantitative estimate of drug-likeness (QED) is 0.155. The van der Waals surface area contributed by atoms with Crippen LogP contribution >= 0.6 is 11.3 Å². The monoisotopic (exact) mass is 822 g/mol. The second kappa shape index (κ2) is 15.0. The fourth-order valence-corrected chi connectivity index (χ4v) is 10.9. The molecule has 0 radical (unpaired) electrons.